The lowest BCUT2D eigenvalue weighted by molar-refractivity contribution is -0.139. The van der Waals surface area contributed by atoms with Crippen molar-refractivity contribution < 1.29 is 24.2 Å². The van der Waals surface area contributed by atoms with Gasteiger partial charge in [-0.3, -0.25) is 9.59 Å². The molecule has 9 heteroatoms. The fourth-order valence-corrected chi connectivity index (χ4v) is 4.37. The molecular formula is C25H20Cl3NO5. The number of carboxylic acid groups (broad SMARTS) is 1. The molecular weight excluding hydrogens is 501 g/mol. The molecule has 4 rings (SSSR count). The predicted octanol–water partition coefficient (Wildman–Crippen LogP) is 6.27. The maximum absolute atomic E-state index is 12.5. The number of carboxylic acids is 1. The van der Waals surface area contributed by atoms with Crippen molar-refractivity contribution in [3.8, 4) is 17.2 Å². The van der Waals surface area contributed by atoms with Crippen LogP contribution in [0.4, 0.5) is 0 Å². The predicted molar refractivity (Wildman–Crippen MR) is 131 cm³/mol. The Morgan fingerprint density at radius 1 is 1.12 bits per heavy atom. The second-order valence-electron chi connectivity index (χ2n) is 7.75. The van der Waals surface area contributed by atoms with Gasteiger partial charge in [0.1, 0.15) is 22.7 Å². The second kappa shape index (κ2) is 10.6. The topological polar surface area (TPSA) is 84.9 Å². The summed E-state index contributed by atoms with van der Waals surface area (Å²) in [7, 11) is 0. The minimum atomic E-state index is -0.921. The van der Waals surface area contributed by atoms with E-state index in [-0.39, 0.29) is 10.9 Å². The molecule has 0 aromatic heterocycles. The monoisotopic (exact) mass is 519 g/mol. The molecule has 0 bridgehead atoms. The van der Waals surface area contributed by atoms with Crippen molar-refractivity contribution in [3.63, 3.8) is 0 Å². The fraction of sp³-hybridized carbons (Fsp3) is 0.200. The van der Waals surface area contributed by atoms with Gasteiger partial charge in [-0.1, -0.05) is 46.9 Å². The quantitative estimate of drug-likeness (QED) is 0.283. The first-order valence-corrected chi connectivity index (χ1v) is 11.7. The van der Waals surface area contributed by atoms with E-state index in [4.69, 9.17) is 44.3 Å². The smallest absolute Gasteiger partial charge is 0.311 e. The number of rotatable bonds is 7. The Labute approximate surface area is 211 Å². The van der Waals surface area contributed by atoms with Gasteiger partial charge in [0.15, 0.2) is 0 Å². The highest BCUT2D eigenvalue weighted by Crippen LogP contribution is 2.41. The molecule has 0 saturated carbocycles. The molecule has 0 aliphatic carbocycles. The number of carbonyl (C=O) groups is 2. The van der Waals surface area contributed by atoms with Gasteiger partial charge in [0.2, 0.25) is 0 Å². The largest absolute Gasteiger partial charge is 0.493 e. The number of alkyl halides is 1. The van der Waals surface area contributed by atoms with Crippen molar-refractivity contribution >= 4 is 46.7 Å². The second-order valence-corrected chi connectivity index (χ2v) is 9.12. The van der Waals surface area contributed by atoms with Crippen molar-refractivity contribution in [3.05, 3.63) is 87.4 Å². The number of halogens is 3. The maximum Gasteiger partial charge on any atom is 0.311 e. The van der Waals surface area contributed by atoms with Crippen molar-refractivity contribution in [2.24, 2.45) is 0 Å². The summed E-state index contributed by atoms with van der Waals surface area (Å²) in [6.07, 6.45) is 0.807. The summed E-state index contributed by atoms with van der Waals surface area (Å²) in [4.78, 5) is 24.0. The minimum absolute atomic E-state index is 0.267. The lowest BCUT2D eigenvalue weighted by Crippen LogP contribution is -2.32. The normalized spacial score (nSPS) is 15.6. The number of fused-ring (bicyclic) bond motifs is 1. The van der Waals surface area contributed by atoms with Gasteiger partial charge < -0.3 is 19.9 Å². The van der Waals surface area contributed by atoms with E-state index >= 15 is 0 Å². The molecule has 0 radical (unpaired) electrons. The molecule has 0 spiro atoms. The number of ether oxygens (including phenoxy) is 2. The SMILES string of the molecule is O=C(NC(Cl)Cc1cccc(Cl)c1)c1ccc(Oc2cc3c(cc2Cl)C(C(=O)O)CCO3)cc1. The molecule has 2 unspecified atom stereocenters. The molecule has 6 nitrogen and oxygen atoms in total. The van der Waals surface area contributed by atoms with E-state index in [1.54, 1.807) is 48.5 Å². The van der Waals surface area contributed by atoms with Crippen molar-refractivity contribution in [1.29, 1.82) is 0 Å². The van der Waals surface area contributed by atoms with Gasteiger partial charge in [0, 0.05) is 28.6 Å². The summed E-state index contributed by atoms with van der Waals surface area (Å²) in [5.74, 6) is -0.709. The Bertz CT molecular complexity index is 1220. The van der Waals surface area contributed by atoms with Gasteiger partial charge in [-0.05, 0) is 54.4 Å². The van der Waals surface area contributed by atoms with Gasteiger partial charge in [0.25, 0.3) is 5.91 Å². The highest BCUT2D eigenvalue weighted by atomic mass is 35.5. The van der Waals surface area contributed by atoms with Crippen LogP contribution in [-0.2, 0) is 11.2 Å². The Kier molecular flexibility index (Phi) is 7.51. The summed E-state index contributed by atoms with van der Waals surface area (Å²) in [5, 5.41) is 13.0. The van der Waals surface area contributed by atoms with Gasteiger partial charge in [0.05, 0.1) is 17.5 Å². The maximum atomic E-state index is 12.5. The Hall–Kier alpha value is -2.93. The van der Waals surface area contributed by atoms with Crippen LogP contribution in [0, 0.1) is 0 Å². The van der Waals surface area contributed by atoms with Crippen molar-refractivity contribution in [2.75, 3.05) is 6.61 Å². The molecule has 1 aliphatic rings. The van der Waals surface area contributed by atoms with Crippen molar-refractivity contribution in [1.82, 2.24) is 5.32 Å². The van der Waals surface area contributed by atoms with Crippen LogP contribution in [0.25, 0.3) is 0 Å². The van der Waals surface area contributed by atoms with Gasteiger partial charge in [-0.25, -0.2) is 0 Å². The summed E-state index contributed by atoms with van der Waals surface area (Å²) in [5.41, 5.74) is 1.24. The standard InChI is InChI=1S/C25H20Cl3NO5/c26-16-3-1-2-14(10-16)11-23(28)29-24(30)15-4-6-17(7-5-15)34-22-13-21-19(12-20(22)27)18(25(31)32)8-9-33-21/h1-7,10,12-13,18,23H,8-9,11H2,(H,29,30)(H,31,32). The summed E-state index contributed by atoms with van der Waals surface area (Å²) in [6, 6.07) is 16.9. The Morgan fingerprint density at radius 3 is 2.59 bits per heavy atom. The molecule has 176 valence electrons. The lowest BCUT2D eigenvalue weighted by Gasteiger charge is -2.24. The minimum Gasteiger partial charge on any atom is -0.493 e. The molecule has 1 aliphatic heterocycles. The van der Waals surface area contributed by atoms with Crippen LogP contribution in [-0.4, -0.2) is 29.1 Å². The summed E-state index contributed by atoms with van der Waals surface area (Å²) in [6.45, 7) is 0.299. The Morgan fingerprint density at radius 2 is 1.88 bits per heavy atom. The first-order chi connectivity index (χ1) is 16.3. The molecule has 1 amide bonds. The molecule has 3 aromatic rings. The van der Waals surface area contributed by atoms with Crippen LogP contribution in [0.1, 0.15) is 33.8 Å². The molecule has 0 fully saturated rings. The molecule has 3 aromatic carbocycles. The zero-order chi connectivity index (χ0) is 24.2. The van der Waals surface area contributed by atoms with E-state index in [0.717, 1.165) is 5.56 Å². The molecule has 1 heterocycles. The van der Waals surface area contributed by atoms with E-state index in [0.29, 0.717) is 52.8 Å². The number of amides is 1. The highest BCUT2D eigenvalue weighted by molar-refractivity contribution is 6.32. The molecule has 0 saturated heterocycles. The summed E-state index contributed by atoms with van der Waals surface area (Å²) < 4.78 is 11.4. The molecule has 2 atom stereocenters. The summed E-state index contributed by atoms with van der Waals surface area (Å²) >= 11 is 18.6. The van der Waals surface area contributed by atoms with Crippen molar-refractivity contribution in [2.45, 2.75) is 24.3 Å². The number of carbonyl (C=O) groups excluding carboxylic acids is 1. The first-order valence-electron chi connectivity index (χ1n) is 10.5. The van der Waals surface area contributed by atoms with Crippen LogP contribution in [0.2, 0.25) is 10.0 Å². The van der Waals surface area contributed by atoms with Crippen LogP contribution in [0.5, 0.6) is 17.2 Å². The van der Waals surface area contributed by atoms with Gasteiger partial charge >= 0.3 is 5.97 Å². The van der Waals surface area contributed by atoms with E-state index in [1.165, 1.54) is 0 Å². The molecule has 34 heavy (non-hydrogen) atoms. The van der Waals surface area contributed by atoms with E-state index < -0.39 is 17.4 Å². The van der Waals surface area contributed by atoms with E-state index in [9.17, 15) is 14.7 Å². The van der Waals surface area contributed by atoms with E-state index in [1.807, 2.05) is 12.1 Å². The fourth-order valence-electron chi connectivity index (χ4n) is 3.67. The average molecular weight is 521 g/mol. The van der Waals surface area contributed by atoms with Crippen LogP contribution >= 0.6 is 34.8 Å². The lowest BCUT2D eigenvalue weighted by atomic mass is 9.93. The number of hydrogen-bond acceptors (Lipinski definition) is 4. The third kappa shape index (κ3) is 5.76. The third-order valence-electron chi connectivity index (χ3n) is 5.34. The van der Waals surface area contributed by atoms with Gasteiger partial charge in [-0.15, -0.1) is 0 Å². The number of hydrogen-bond donors (Lipinski definition) is 2. The number of benzene rings is 3. The van der Waals surface area contributed by atoms with Crippen LogP contribution in [0.3, 0.4) is 0 Å². The van der Waals surface area contributed by atoms with Gasteiger partial charge in [-0.2, -0.15) is 0 Å². The molecule has 2 N–H and O–H groups in total. The first kappa shape index (κ1) is 24.2. The van der Waals surface area contributed by atoms with Crippen LogP contribution < -0.4 is 14.8 Å². The zero-order valence-electron chi connectivity index (χ0n) is 17.8. The number of nitrogens with one attached hydrogen (secondary N) is 1. The van der Waals surface area contributed by atoms with E-state index in [2.05, 4.69) is 5.32 Å². The Balaban J connectivity index is 1.41. The average Bonchev–Trinajstić information content (AvgIpc) is 2.79. The number of aliphatic carboxylic acids is 1. The third-order valence-corrected chi connectivity index (χ3v) is 6.13. The zero-order valence-corrected chi connectivity index (χ0v) is 20.0. The van der Waals surface area contributed by atoms with Crippen LogP contribution in [0.15, 0.2) is 60.7 Å². The highest BCUT2D eigenvalue weighted by Gasteiger charge is 2.29.